The van der Waals surface area contributed by atoms with Crippen LogP contribution < -0.4 is 0 Å². The van der Waals surface area contributed by atoms with E-state index in [1.54, 1.807) is 0 Å². The zero-order valence-electron chi connectivity index (χ0n) is 4.26. The molecule has 0 bridgehead atoms. The average Bonchev–Trinajstić information content (AvgIpc) is 1.69. The van der Waals surface area contributed by atoms with E-state index in [1.165, 1.54) is 0 Å². The molecule has 0 saturated carbocycles. The predicted octanol–water partition coefficient (Wildman–Crippen LogP) is 1.04. The molecular weight excluding hydrogens is 86.1 g/mol. The van der Waals surface area contributed by atoms with Gasteiger partial charge in [-0.25, -0.2) is 0 Å². The summed E-state index contributed by atoms with van der Waals surface area (Å²) >= 11 is 0. The number of allylic oxidation sites excluding steroid dienone is 2. The van der Waals surface area contributed by atoms with Crippen molar-refractivity contribution >= 4 is 0 Å². The molecule has 2 radical (unpaired) electrons. The van der Waals surface area contributed by atoms with E-state index in [2.05, 4.69) is 6.54 Å². The van der Waals surface area contributed by atoms with Crippen molar-refractivity contribution in [2.45, 2.75) is 0 Å². The second kappa shape index (κ2) is 1.82. The number of hydrogen-bond donors (Lipinski definition) is 0. The van der Waals surface area contributed by atoms with Gasteiger partial charge in [0.25, 0.3) is 0 Å². The molecule has 0 atom stereocenters. The second-order valence-corrected chi connectivity index (χ2v) is 1.44. The number of likely N-dealkylation sites (N-methyl/N-ethyl adjacent to an activating group) is 1. The smallest absolute Gasteiger partial charge is 0.117 e. The minimum atomic E-state index is 1.88. The predicted molar refractivity (Wildman–Crippen MR) is 29.3 cm³/mol. The monoisotopic (exact) mass is 93.1 g/mol. The van der Waals surface area contributed by atoms with Crippen LogP contribution in [-0.4, -0.2) is 11.9 Å². The van der Waals surface area contributed by atoms with Crippen LogP contribution in [0.25, 0.3) is 0 Å². The van der Waals surface area contributed by atoms with Gasteiger partial charge >= 0.3 is 0 Å². The zero-order valence-corrected chi connectivity index (χ0v) is 4.26. The van der Waals surface area contributed by atoms with Crippen LogP contribution in [0.2, 0.25) is 0 Å². The number of rotatable bonds is 0. The summed E-state index contributed by atoms with van der Waals surface area (Å²) in [5.74, 6) is 0. The van der Waals surface area contributed by atoms with Crippen LogP contribution >= 0.6 is 0 Å². The van der Waals surface area contributed by atoms with Gasteiger partial charge < -0.3 is 4.90 Å². The highest BCUT2D eigenvalue weighted by molar-refractivity contribution is 5.12. The molecule has 1 rings (SSSR count). The Morgan fingerprint density at radius 2 is 2.29 bits per heavy atom. The number of nitrogens with zero attached hydrogens (tertiary/aromatic N) is 1. The van der Waals surface area contributed by atoms with E-state index in [0.717, 1.165) is 0 Å². The summed E-state index contributed by atoms with van der Waals surface area (Å²) in [6.07, 6.45) is 7.73. The van der Waals surface area contributed by atoms with Crippen molar-refractivity contribution in [1.82, 2.24) is 4.90 Å². The minimum absolute atomic E-state index is 1.88. The molecule has 0 saturated heterocycles. The third-order valence-electron chi connectivity index (χ3n) is 0.795. The molecule has 0 fully saturated rings. The van der Waals surface area contributed by atoms with Crippen molar-refractivity contribution in [3.8, 4) is 0 Å². The summed E-state index contributed by atoms with van der Waals surface area (Å²) < 4.78 is 0. The standard InChI is InChI=1S/C6H7N/c1-7-5-3-2-4-6-7/h2-5H,1H3. The Kier molecular flexibility index (Phi) is 1.16. The van der Waals surface area contributed by atoms with Crippen LogP contribution in [0.1, 0.15) is 0 Å². The lowest BCUT2D eigenvalue weighted by atomic mass is 10.4. The molecule has 1 heterocycles. The molecule has 1 nitrogen and oxygen atoms in total. The Bertz CT molecular complexity index is 103. The van der Waals surface area contributed by atoms with E-state index in [9.17, 15) is 0 Å². The highest BCUT2D eigenvalue weighted by Gasteiger charge is 1.88. The first kappa shape index (κ1) is 4.44. The van der Waals surface area contributed by atoms with Crippen LogP contribution in [0, 0.1) is 6.54 Å². The minimum Gasteiger partial charge on any atom is -0.366 e. The summed E-state index contributed by atoms with van der Waals surface area (Å²) in [6, 6.07) is 0. The van der Waals surface area contributed by atoms with E-state index in [1.807, 2.05) is 36.4 Å². The fourth-order valence-corrected chi connectivity index (χ4v) is 0.438. The first-order valence-corrected chi connectivity index (χ1v) is 2.22. The summed E-state index contributed by atoms with van der Waals surface area (Å²) in [4.78, 5) is 1.88. The highest BCUT2D eigenvalue weighted by Crippen LogP contribution is 1.96. The van der Waals surface area contributed by atoms with Crippen LogP contribution in [0.4, 0.5) is 0 Å². The molecule has 36 valence electrons. The molecule has 0 unspecified atom stereocenters. The maximum atomic E-state index is 2.95. The van der Waals surface area contributed by atoms with E-state index in [4.69, 9.17) is 0 Å². The molecule has 0 aromatic carbocycles. The maximum Gasteiger partial charge on any atom is 0.117 e. The van der Waals surface area contributed by atoms with Gasteiger partial charge in [0.1, 0.15) is 6.54 Å². The Morgan fingerprint density at radius 3 is 2.57 bits per heavy atom. The van der Waals surface area contributed by atoms with Crippen molar-refractivity contribution in [2.75, 3.05) is 7.05 Å². The van der Waals surface area contributed by atoms with E-state index in [-0.39, 0.29) is 0 Å². The molecule has 0 spiro atoms. The number of hydrogen-bond acceptors (Lipinski definition) is 1. The topological polar surface area (TPSA) is 3.24 Å². The SMILES string of the molecule is CN1[C]C=CC=C1. The molecule has 0 N–H and O–H groups in total. The van der Waals surface area contributed by atoms with E-state index in [0.29, 0.717) is 0 Å². The molecule has 0 aromatic heterocycles. The third kappa shape index (κ3) is 1.07. The lowest BCUT2D eigenvalue weighted by Gasteiger charge is -2.09. The van der Waals surface area contributed by atoms with Gasteiger partial charge in [0.2, 0.25) is 0 Å². The molecule has 0 aliphatic carbocycles. The van der Waals surface area contributed by atoms with Crippen LogP contribution in [0.5, 0.6) is 0 Å². The summed E-state index contributed by atoms with van der Waals surface area (Å²) in [7, 11) is 1.94. The largest absolute Gasteiger partial charge is 0.366 e. The Labute approximate surface area is 43.9 Å². The maximum absolute atomic E-state index is 2.95. The Balaban J connectivity index is 2.49. The molecule has 0 amide bonds. The Morgan fingerprint density at radius 1 is 1.43 bits per heavy atom. The molecular formula is C6H7N. The molecule has 1 aliphatic rings. The van der Waals surface area contributed by atoms with Crippen molar-refractivity contribution in [3.05, 3.63) is 31.0 Å². The average molecular weight is 93.1 g/mol. The van der Waals surface area contributed by atoms with Gasteiger partial charge in [0, 0.05) is 7.05 Å². The van der Waals surface area contributed by atoms with Crippen LogP contribution in [-0.2, 0) is 0 Å². The van der Waals surface area contributed by atoms with Crippen LogP contribution in [0.15, 0.2) is 24.4 Å². The van der Waals surface area contributed by atoms with Gasteiger partial charge in [-0.3, -0.25) is 0 Å². The summed E-state index contributed by atoms with van der Waals surface area (Å²) in [5, 5.41) is 0. The quantitative estimate of drug-likeness (QED) is 0.432. The third-order valence-corrected chi connectivity index (χ3v) is 0.795. The summed E-state index contributed by atoms with van der Waals surface area (Å²) in [6.45, 7) is 2.95. The van der Waals surface area contributed by atoms with Crippen molar-refractivity contribution in [1.29, 1.82) is 0 Å². The normalized spacial score (nSPS) is 18.1. The lowest BCUT2D eigenvalue weighted by molar-refractivity contribution is 0.575. The van der Waals surface area contributed by atoms with Crippen molar-refractivity contribution in [3.63, 3.8) is 0 Å². The molecule has 1 aliphatic heterocycles. The molecule has 1 heteroatoms. The van der Waals surface area contributed by atoms with Gasteiger partial charge in [-0.1, -0.05) is 12.2 Å². The molecule has 0 aromatic rings. The van der Waals surface area contributed by atoms with Crippen LogP contribution in [0.3, 0.4) is 0 Å². The van der Waals surface area contributed by atoms with Crippen molar-refractivity contribution < 1.29 is 0 Å². The first-order valence-electron chi connectivity index (χ1n) is 2.22. The van der Waals surface area contributed by atoms with Gasteiger partial charge in [0.05, 0.1) is 0 Å². The van der Waals surface area contributed by atoms with Gasteiger partial charge in [0.15, 0.2) is 0 Å². The highest BCUT2D eigenvalue weighted by atomic mass is 15.1. The summed E-state index contributed by atoms with van der Waals surface area (Å²) in [5.41, 5.74) is 0. The van der Waals surface area contributed by atoms with Gasteiger partial charge in [-0.05, 0) is 12.3 Å². The second-order valence-electron chi connectivity index (χ2n) is 1.44. The van der Waals surface area contributed by atoms with Crippen molar-refractivity contribution in [2.24, 2.45) is 0 Å². The molecule has 7 heavy (non-hydrogen) atoms. The van der Waals surface area contributed by atoms with Gasteiger partial charge in [-0.2, -0.15) is 0 Å². The first-order chi connectivity index (χ1) is 3.39. The Hall–Kier alpha value is -0.720. The lowest BCUT2D eigenvalue weighted by Crippen LogP contribution is -2.05. The van der Waals surface area contributed by atoms with Gasteiger partial charge in [-0.15, -0.1) is 0 Å². The van der Waals surface area contributed by atoms with E-state index >= 15 is 0 Å². The fourth-order valence-electron chi connectivity index (χ4n) is 0.438. The zero-order chi connectivity index (χ0) is 5.11. The fraction of sp³-hybridized carbons (Fsp3) is 0.167. The van der Waals surface area contributed by atoms with E-state index < -0.39 is 0 Å².